The fourth-order valence-corrected chi connectivity index (χ4v) is 2.47. The van der Waals surface area contributed by atoms with Crippen molar-refractivity contribution in [1.82, 2.24) is 5.32 Å². The Hall–Kier alpha value is -2.37. The van der Waals surface area contributed by atoms with Gasteiger partial charge in [0.15, 0.2) is 0 Å². The number of carbonyl (C=O) groups is 3. The van der Waals surface area contributed by atoms with Gasteiger partial charge in [-0.05, 0) is 30.5 Å². The van der Waals surface area contributed by atoms with E-state index in [0.29, 0.717) is 24.2 Å². The molecule has 2 amide bonds. The highest BCUT2D eigenvalue weighted by molar-refractivity contribution is 6.00. The van der Waals surface area contributed by atoms with Crippen LogP contribution in [0, 0.1) is 5.92 Å². The van der Waals surface area contributed by atoms with Crippen LogP contribution in [0.3, 0.4) is 0 Å². The molecule has 1 aliphatic heterocycles. The van der Waals surface area contributed by atoms with Crippen LogP contribution in [0.2, 0.25) is 0 Å². The first kappa shape index (κ1) is 16.0. The first-order valence-corrected chi connectivity index (χ1v) is 7.34. The quantitative estimate of drug-likeness (QED) is 0.866. The first-order chi connectivity index (χ1) is 10.4. The molecule has 0 aliphatic carbocycles. The van der Waals surface area contributed by atoms with Gasteiger partial charge >= 0.3 is 5.97 Å². The zero-order chi connectivity index (χ0) is 16.3. The van der Waals surface area contributed by atoms with Gasteiger partial charge in [0, 0.05) is 24.2 Å². The molecule has 1 fully saturated rings. The Morgan fingerprint density at radius 1 is 1.32 bits per heavy atom. The Balaban J connectivity index is 2.16. The molecule has 0 radical (unpaired) electrons. The van der Waals surface area contributed by atoms with E-state index >= 15 is 0 Å². The number of rotatable bonds is 5. The Kier molecular flexibility index (Phi) is 4.80. The smallest absolute Gasteiger partial charge is 0.326 e. The van der Waals surface area contributed by atoms with E-state index in [0.717, 1.165) is 6.42 Å². The van der Waals surface area contributed by atoms with Gasteiger partial charge in [0.1, 0.15) is 6.04 Å². The fraction of sp³-hybridized carbons (Fsp3) is 0.438. The monoisotopic (exact) mass is 304 g/mol. The van der Waals surface area contributed by atoms with Crippen molar-refractivity contribution < 1.29 is 19.5 Å². The average molecular weight is 304 g/mol. The minimum Gasteiger partial charge on any atom is -0.480 e. The lowest BCUT2D eigenvalue weighted by molar-refractivity contribution is -0.140. The summed E-state index contributed by atoms with van der Waals surface area (Å²) >= 11 is 0. The molecule has 0 unspecified atom stereocenters. The Bertz CT molecular complexity index is 598. The van der Waals surface area contributed by atoms with Gasteiger partial charge in [0.05, 0.1) is 0 Å². The van der Waals surface area contributed by atoms with E-state index in [4.69, 9.17) is 5.11 Å². The number of hydrogen-bond acceptors (Lipinski definition) is 3. The lowest BCUT2D eigenvalue weighted by Crippen LogP contribution is -2.44. The van der Waals surface area contributed by atoms with Crippen LogP contribution in [0.1, 0.15) is 37.0 Å². The molecule has 1 heterocycles. The molecular formula is C16H20N2O4. The van der Waals surface area contributed by atoms with E-state index in [9.17, 15) is 14.4 Å². The molecule has 1 atom stereocenters. The van der Waals surface area contributed by atoms with Gasteiger partial charge in [-0.3, -0.25) is 9.59 Å². The largest absolute Gasteiger partial charge is 0.480 e. The molecule has 6 nitrogen and oxygen atoms in total. The number of nitrogens with zero attached hydrogens (tertiary/aromatic N) is 1. The number of carboxylic acid groups (broad SMARTS) is 1. The molecule has 118 valence electrons. The lowest BCUT2D eigenvalue weighted by atomic mass is 10.0. The summed E-state index contributed by atoms with van der Waals surface area (Å²) in [7, 11) is 0. The normalized spacial score (nSPS) is 16.0. The third-order valence-electron chi connectivity index (χ3n) is 3.71. The fourth-order valence-electron chi connectivity index (χ4n) is 2.47. The van der Waals surface area contributed by atoms with Crippen molar-refractivity contribution in [2.24, 2.45) is 5.92 Å². The maximum atomic E-state index is 12.2. The Morgan fingerprint density at radius 2 is 2.05 bits per heavy atom. The van der Waals surface area contributed by atoms with Crippen LogP contribution >= 0.6 is 0 Å². The second-order valence-corrected chi connectivity index (χ2v) is 5.73. The van der Waals surface area contributed by atoms with Crippen LogP contribution in [0.25, 0.3) is 0 Å². The molecule has 2 rings (SSSR count). The number of carboxylic acids is 1. The third-order valence-corrected chi connectivity index (χ3v) is 3.71. The maximum Gasteiger partial charge on any atom is 0.326 e. The van der Waals surface area contributed by atoms with Crippen molar-refractivity contribution in [3.05, 3.63) is 29.8 Å². The summed E-state index contributed by atoms with van der Waals surface area (Å²) < 4.78 is 0. The summed E-state index contributed by atoms with van der Waals surface area (Å²) in [6.45, 7) is 4.12. The minimum absolute atomic E-state index is 0.0446. The standard InChI is InChI=1S/C16H20N2O4/c1-10(2)14(16(21)22)17-15(20)11-5-3-6-12(9-11)18-8-4-7-13(18)19/h3,5-6,9-10,14H,4,7-8H2,1-2H3,(H,17,20)(H,21,22)/t14-/m1/s1. The number of nitrogens with one attached hydrogen (secondary N) is 1. The topological polar surface area (TPSA) is 86.7 Å². The highest BCUT2D eigenvalue weighted by Gasteiger charge is 2.25. The zero-order valence-electron chi connectivity index (χ0n) is 12.7. The van der Waals surface area contributed by atoms with Crippen molar-refractivity contribution >= 4 is 23.5 Å². The Labute approximate surface area is 129 Å². The van der Waals surface area contributed by atoms with Crippen molar-refractivity contribution in [3.63, 3.8) is 0 Å². The minimum atomic E-state index is -1.06. The second-order valence-electron chi connectivity index (χ2n) is 5.73. The second kappa shape index (κ2) is 6.60. The maximum absolute atomic E-state index is 12.2. The molecule has 1 saturated heterocycles. The van der Waals surface area contributed by atoms with Crippen molar-refractivity contribution in [2.45, 2.75) is 32.7 Å². The van der Waals surface area contributed by atoms with Crippen LogP contribution in [-0.2, 0) is 9.59 Å². The van der Waals surface area contributed by atoms with E-state index in [1.165, 1.54) is 0 Å². The average Bonchev–Trinajstić information content (AvgIpc) is 2.90. The van der Waals surface area contributed by atoms with Crippen LogP contribution < -0.4 is 10.2 Å². The van der Waals surface area contributed by atoms with E-state index in [1.54, 1.807) is 43.0 Å². The van der Waals surface area contributed by atoms with Gasteiger partial charge in [0.2, 0.25) is 5.91 Å². The van der Waals surface area contributed by atoms with Gasteiger partial charge in [-0.2, -0.15) is 0 Å². The molecule has 1 aromatic carbocycles. The first-order valence-electron chi connectivity index (χ1n) is 7.34. The number of benzene rings is 1. The van der Waals surface area contributed by atoms with Crippen LogP contribution in [-0.4, -0.2) is 35.5 Å². The number of anilines is 1. The molecule has 0 bridgehead atoms. The predicted octanol–water partition coefficient (Wildman–Crippen LogP) is 1.65. The number of hydrogen-bond donors (Lipinski definition) is 2. The van der Waals surface area contributed by atoms with Gasteiger partial charge in [0.25, 0.3) is 5.91 Å². The van der Waals surface area contributed by atoms with Crippen molar-refractivity contribution in [3.8, 4) is 0 Å². The molecular weight excluding hydrogens is 284 g/mol. The highest BCUT2D eigenvalue weighted by Crippen LogP contribution is 2.22. The number of amides is 2. The third kappa shape index (κ3) is 3.44. The molecule has 1 aromatic rings. The highest BCUT2D eigenvalue weighted by atomic mass is 16.4. The molecule has 6 heteroatoms. The van der Waals surface area contributed by atoms with Crippen LogP contribution in [0.5, 0.6) is 0 Å². The molecule has 0 spiro atoms. The summed E-state index contributed by atoms with van der Waals surface area (Å²) in [5.41, 5.74) is 1.02. The van der Waals surface area contributed by atoms with Gasteiger partial charge in [-0.1, -0.05) is 19.9 Å². The summed E-state index contributed by atoms with van der Waals surface area (Å²) in [5, 5.41) is 11.7. The van der Waals surface area contributed by atoms with E-state index in [1.807, 2.05) is 0 Å². The summed E-state index contributed by atoms with van der Waals surface area (Å²) in [6.07, 6.45) is 1.33. The van der Waals surface area contributed by atoms with Gasteiger partial charge in [-0.25, -0.2) is 4.79 Å². The van der Waals surface area contributed by atoms with Crippen molar-refractivity contribution in [2.75, 3.05) is 11.4 Å². The molecule has 22 heavy (non-hydrogen) atoms. The molecule has 0 aromatic heterocycles. The zero-order valence-corrected chi connectivity index (χ0v) is 12.7. The van der Waals surface area contributed by atoms with E-state index in [-0.39, 0.29) is 11.8 Å². The Morgan fingerprint density at radius 3 is 2.59 bits per heavy atom. The van der Waals surface area contributed by atoms with Gasteiger partial charge in [-0.15, -0.1) is 0 Å². The number of carbonyl (C=O) groups excluding carboxylic acids is 2. The molecule has 0 saturated carbocycles. The SMILES string of the molecule is CC(C)[C@@H](NC(=O)c1cccc(N2CCCC2=O)c1)C(=O)O. The molecule has 2 N–H and O–H groups in total. The van der Waals surface area contributed by atoms with E-state index < -0.39 is 17.9 Å². The summed E-state index contributed by atoms with van der Waals surface area (Å²) in [6, 6.07) is 5.76. The van der Waals surface area contributed by atoms with Crippen molar-refractivity contribution in [1.29, 1.82) is 0 Å². The van der Waals surface area contributed by atoms with Crippen LogP contribution in [0.4, 0.5) is 5.69 Å². The molecule has 1 aliphatic rings. The number of aliphatic carboxylic acids is 1. The summed E-state index contributed by atoms with van der Waals surface area (Å²) in [4.78, 5) is 36.8. The van der Waals surface area contributed by atoms with E-state index in [2.05, 4.69) is 5.32 Å². The lowest BCUT2D eigenvalue weighted by Gasteiger charge is -2.19. The van der Waals surface area contributed by atoms with Crippen LogP contribution in [0.15, 0.2) is 24.3 Å². The predicted molar refractivity (Wildman–Crippen MR) is 81.8 cm³/mol. The summed E-state index contributed by atoms with van der Waals surface area (Å²) in [5.74, 6) is -1.68. The van der Waals surface area contributed by atoms with Gasteiger partial charge < -0.3 is 15.3 Å².